The second kappa shape index (κ2) is 9.33. The third-order valence-electron chi connectivity index (χ3n) is 3.83. The smallest absolute Gasteiger partial charge is 0.192 e. The highest BCUT2D eigenvalue weighted by molar-refractivity contribution is 14.1. The summed E-state index contributed by atoms with van der Waals surface area (Å²) in [6.45, 7) is 0.408. The minimum Gasteiger partial charge on any atom is -0.489 e. The Morgan fingerprint density at radius 1 is 0.778 bits per heavy atom. The van der Waals surface area contributed by atoms with Gasteiger partial charge in [-0.25, -0.2) is 0 Å². The Balaban J connectivity index is 1.76. The summed E-state index contributed by atoms with van der Waals surface area (Å²) in [6.07, 6.45) is 0. The number of hydrogen-bond acceptors (Lipinski definition) is 6. The van der Waals surface area contributed by atoms with Crippen LogP contribution in [0.25, 0.3) is 11.1 Å². The van der Waals surface area contributed by atoms with E-state index in [0.717, 1.165) is 22.4 Å². The average molecular weight is 590 g/mol. The zero-order valence-electron chi connectivity index (χ0n) is 14.0. The lowest BCUT2D eigenvalue weighted by Gasteiger charge is -2.13. The Hall–Kier alpha value is -1.92. The van der Waals surface area contributed by atoms with Crippen LogP contribution in [0.5, 0.6) is 17.2 Å². The van der Waals surface area contributed by atoms with E-state index in [1.54, 1.807) is 70.3 Å². The summed E-state index contributed by atoms with van der Waals surface area (Å²) in [5.41, 5.74) is 16.2. The fourth-order valence-electron chi connectivity index (χ4n) is 2.65. The molecule has 0 aliphatic rings. The van der Waals surface area contributed by atoms with Crippen molar-refractivity contribution in [2.75, 3.05) is 11.5 Å². The summed E-state index contributed by atoms with van der Waals surface area (Å²) in [5, 5.41) is 0. The van der Waals surface area contributed by atoms with E-state index in [0.29, 0.717) is 29.5 Å². The summed E-state index contributed by atoms with van der Waals surface area (Å²) >= 11 is 3.46. The molecule has 4 N–H and O–H groups in total. The minimum atomic E-state index is 0.408. The Morgan fingerprint density at radius 2 is 1.44 bits per heavy atom. The van der Waals surface area contributed by atoms with Gasteiger partial charge in [-0.3, -0.25) is 0 Å². The van der Waals surface area contributed by atoms with Gasteiger partial charge in [-0.05, 0) is 41.5 Å². The van der Waals surface area contributed by atoms with Crippen molar-refractivity contribution < 1.29 is 15.9 Å². The molecular formula is C19H16I2N2O4. The molecule has 3 rings (SSSR count). The number of rotatable bonds is 7. The first-order valence-corrected chi connectivity index (χ1v) is 9.62. The zero-order valence-corrected chi connectivity index (χ0v) is 18.3. The molecule has 27 heavy (non-hydrogen) atoms. The van der Waals surface area contributed by atoms with Crippen molar-refractivity contribution in [2.24, 2.45) is 0 Å². The number of nitrogen functional groups attached to an aromatic ring is 2. The lowest BCUT2D eigenvalue weighted by Crippen LogP contribution is -1.99. The van der Waals surface area contributed by atoms with Gasteiger partial charge < -0.3 is 24.2 Å². The van der Waals surface area contributed by atoms with Crippen LogP contribution in [-0.4, -0.2) is 0 Å². The normalized spacial score (nSPS) is 10.4. The van der Waals surface area contributed by atoms with Gasteiger partial charge in [0.15, 0.2) is 51.8 Å². The van der Waals surface area contributed by atoms with E-state index in [1.807, 2.05) is 36.4 Å². The van der Waals surface area contributed by atoms with Crippen LogP contribution in [0, 0.1) is 0 Å². The van der Waals surface area contributed by atoms with E-state index < -0.39 is 0 Å². The number of ether oxygens (including phenoxy) is 1. The Morgan fingerprint density at radius 3 is 2.07 bits per heavy atom. The standard InChI is InChI=1S/C19H16I2N2O4/c20-25-16-9-17(22)19(18(23)10-16)13-3-1-2-12(8-13)11-24-14-4-6-15(7-5-14)26-27-21/h1-10H,11,22-23H2. The van der Waals surface area contributed by atoms with Crippen LogP contribution >= 0.6 is 46.0 Å². The molecule has 6 nitrogen and oxygen atoms in total. The number of nitrogens with two attached hydrogens (primary N) is 2. The summed E-state index contributed by atoms with van der Waals surface area (Å²) in [5.74, 6) is 1.95. The molecule has 0 heterocycles. The van der Waals surface area contributed by atoms with E-state index in [-0.39, 0.29) is 0 Å². The summed E-state index contributed by atoms with van der Waals surface area (Å²) < 4.78 is 15.6. The molecule has 0 unspecified atom stereocenters. The van der Waals surface area contributed by atoms with Crippen molar-refractivity contribution in [3.63, 3.8) is 0 Å². The van der Waals surface area contributed by atoms with Gasteiger partial charge in [-0.2, -0.15) is 0 Å². The predicted molar refractivity (Wildman–Crippen MR) is 122 cm³/mol. The highest BCUT2D eigenvalue weighted by Gasteiger charge is 2.11. The topological polar surface area (TPSA) is 89.0 Å². The molecular weight excluding hydrogens is 574 g/mol. The summed E-state index contributed by atoms with van der Waals surface area (Å²) in [6, 6.07) is 18.6. The lowest BCUT2D eigenvalue weighted by atomic mass is 9.99. The molecule has 0 spiro atoms. The molecule has 0 aromatic heterocycles. The van der Waals surface area contributed by atoms with Gasteiger partial charge in [0, 0.05) is 29.1 Å². The van der Waals surface area contributed by atoms with E-state index in [1.165, 1.54) is 0 Å². The van der Waals surface area contributed by atoms with Crippen molar-refractivity contribution in [3.05, 3.63) is 66.2 Å². The summed E-state index contributed by atoms with van der Waals surface area (Å²) in [4.78, 5) is 4.93. The van der Waals surface area contributed by atoms with Crippen molar-refractivity contribution in [3.8, 4) is 28.4 Å². The molecule has 3 aromatic rings. The van der Waals surface area contributed by atoms with Gasteiger partial charge in [0.2, 0.25) is 0 Å². The highest BCUT2D eigenvalue weighted by atomic mass is 127. The molecule has 0 atom stereocenters. The molecule has 0 aliphatic carbocycles. The van der Waals surface area contributed by atoms with Crippen LogP contribution in [0.3, 0.4) is 0 Å². The number of hydrogen-bond donors (Lipinski definition) is 2. The van der Waals surface area contributed by atoms with Crippen molar-refractivity contribution in [2.45, 2.75) is 6.61 Å². The van der Waals surface area contributed by atoms with Crippen molar-refractivity contribution >= 4 is 57.4 Å². The molecule has 0 radical (unpaired) electrons. The molecule has 3 aromatic carbocycles. The number of benzene rings is 3. The Labute approximate surface area is 185 Å². The van der Waals surface area contributed by atoms with Gasteiger partial charge in [-0.15, -0.1) is 3.22 Å². The van der Waals surface area contributed by atoms with Gasteiger partial charge >= 0.3 is 0 Å². The van der Waals surface area contributed by atoms with Crippen LogP contribution in [0.4, 0.5) is 11.4 Å². The first kappa shape index (κ1) is 19.8. The van der Waals surface area contributed by atoms with Crippen LogP contribution in [-0.2, 0) is 9.82 Å². The fourth-order valence-corrected chi connectivity index (χ4v) is 3.11. The third-order valence-corrected chi connectivity index (χ3v) is 4.52. The molecule has 0 fully saturated rings. The quantitative estimate of drug-likeness (QED) is 0.164. The number of halogens is 2. The van der Waals surface area contributed by atoms with E-state index >= 15 is 0 Å². The van der Waals surface area contributed by atoms with Gasteiger partial charge in [0.25, 0.3) is 0 Å². The molecule has 0 saturated heterocycles. The Bertz CT molecular complexity index is 897. The lowest BCUT2D eigenvalue weighted by molar-refractivity contribution is -0.0472. The SMILES string of the molecule is Nc1cc(OI)cc(N)c1-c1cccc(COc2ccc(OOI)cc2)c1. The van der Waals surface area contributed by atoms with Crippen LogP contribution < -0.4 is 24.2 Å². The highest BCUT2D eigenvalue weighted by Crippen LogP contribution is 2.36. The molecule has 140 valence electrons. The zero-order chi connectivity index (χ0) is 19.2. The monoisotopic (exact) mass is 590 g/mol. The van der Waals surface area contributed by atoms with E-state index in [4.69, 9.17) is 24.2 Å². The molecule has 0 saturated carbocycles. The fraction of sp³-hybridized carbons (Fsp3) is 0.0526. The largest absolute Gasteiger partial charge is 0.489 e. The maximum atomic E-state index is 6.17. The van der Waals surface area contributed by atoms with Crippen LogP contribution in [0.1, 0.15) is 5.56 Å². The maximum absolute atomic E-state index is 6.17. The number of anilines is 2. The molecule has 0 bridgehead atoms. The molecule has 0 aliphatic heterocycles. The average Bonchev–Trinajstić information content (AvgIpc) is 2.67. The first-order chi connectivity index (χ1) is 13.1. The Kier molecular flexibility index (Phi) is 6.85. The van der Waals surface area contributed by atoms with Gasteiger partial charge in [0.05, 0.1) is 0 Å². The molecule has 8 heteroatoms. The van der Waals surface area contributed by atoms with Crippen LogP contribution in [0.15, 0.2) is 60.7 Å². The second-order valence-corrected chi connectivity index (χ2v) is 6.46. The maximum Gasteiger partial charge on any atom is 0.192 e. The van der Waals surface area contributed by atoms with E-state index in [2.05, 4.69) is 3.22 Å². The van der Waals surface area contributed by atoms with Crippen LogP contribution in [0.2, 0.25) is 0 Å². The molecule has 0 amide bonds. The minimum absolute atomic E-state index is 0.408. The second-order valence-electron chi connectivity index (χ2n) is 5.66. The third kappa shape index (κ3) is 5.08. The summed E-state index contributed by atoms with van der Waals surface area (Å²) in [7, 11) is 0. The van der Waals surface area contributed by atoms with Crippen molar-refractivity contribution in [1.82, 2.24) is 0 Å². The van der Waals surface area contributed by atoms with E-state index in [9.17, 15) is 0 Å². The van der Waals surface area contributed by atoms with Gasteiger partial charge in [0.1, 0.15) is 18.1 Å². The predicted octanol–water partition coefficient (Wildman–Crippen LogP) is 5.49. The first-order valence-electron chi connectivity index (χ1n) is 7.85. The van der Waals surface area contributed by atoms with Crippen molar-refractivity contribution in [1.29, 1.82) is 0 Å². The van der Waals surface area contributed by atoms with Gasteiger partial charge in [-0.1, -0.05) is 18.2 Å².